The molecule has 0 aromatic heterocycles. The van der Waals surface area contributed by atoms with E-state index in [0.717, 1.165) is 16.7 Å². The molecule has 0 amide bonds. The lowest BCUT2D eigenvalue weighted by Crippen LogP contribution is -2.41. The Labute approximate surface area is 124 Å². The number of allylic oxidation sites excluding steroid dienone is 1. The first kappa shape index (κ1) is 15.3. The van der Waals surface area contributed by atoms with Gasteiger partial charge in [-0.15, -0.1) is 0 Å². The van der Waals surface area contributed by atoms with Crippen molar-refractivity contribution in [1.82, 2.24) is 0 Å². The first-order valence-corrected chi connectivity index (χ1v) is 7.06. The maximum absolute atomic E-state index is 12.3. The molecule has 21 heavy (non-hydrogen) atoms. The Balaban J connectivity index is 2.61. The highest BCUT2D eigenvalue weighted by Crippen LogP contribution is 2.49. The lowest BCUT2D eigenvalue weighted by atomic mass is 9.79. The van der Waals surface area contributed by atoms with Gasteiger partial charge in [0.05, 0.1) is 14.2 Å². The normalized spacial score (nSPS) is 16.7. The van der Waals surface area contributed by atoms with Crippen molar-refractivity contribution in [2.45, 2.75) is 26.2 Å². The number of carbonyl (C=O) groups excluding carboxylic acids is 2. The van der Waals surface area contributed by atoms with E-state index in [0.29, 0.717) is 19.3 Å². The van der Waals surface area contributed by atoms with Crippen LogP contribution in [0.15, 0.2) is 35.9 Å². The van der Waals surface area contributed by atoms with Gasteiger partial charge in [0.1, 0.15) is 0 Å². The second-order valence-electron chi connectivity index (χ2n) is 5.07. The Morgan fingerprint density at radius 1 is 1.10 bits per heavy atom. The largest absolute Gasteiger partial charge is 0.468 e. The van der Waals surface area contributed by atoms with Crippen molar-refractivity contribution in [2.24, 2.45) is 5.41 Å². The molecule has 0 aliphatic heterocycles. The number of benzene rings is 1. The quantitative estimate of drug-likeness (QED) is 0.631. The summed E-state index contributed by atoms with van der Waals surface area (Å²) in [5.41, 5.74) is 1.62. The monoisotopic (exact) mass is 288 g/mol. The van der Waals surface area contributed by atoms with Gasteiger partial charge in [0.25, 0.3) is 0 Å². The molecular weight excluding hydrogens is 268 g/mol. The molecule has 0 spiro atoms. The summed E-state index contributed by atoms with van der Waals surface area (Å²) in [5, 5.41) is 0. The van der Waals surface area contributed by atoms with Gasteiger partial charge in [-0.25, -0.2) is 0 Å². The summed E-state index contributed by atoms with van der Waals surface area (Å²) in [6.45, 7) is 1.95. The van der Waals surface area contributed by atoms with Crippen molar-refractivity contribution in [2.75, 3.05) is 14.2 Å². The first-order valence-electron chi connectivity index (χ1n) is 7.06. The van der Waals surface area contributed by atoms with Crippen LogP contribution in [0.3, 0.4) is 0 Å². The fourth-order valence-electron chi connectivity index (χ4n) is 3.23. The SMILES string of the molecule is CCC1=C(c2ccccc2)CCC1(C(=O)OC)C(=O)OC. The molecule has 1 aliphatic carbocycles. The van der Waals surface area contributed by atoms with Crippen LogP contribution in [-0.4, -0.2) is 26.2 Å². The van der Waals surface area contributed by atoms with E-state index in [1.165, 1.54) is 14.2 Å². The fraction of sp³-hybridized carbons (Fsp3) is 0.412. The minimum Gasteiger partial charge on any atom is -0.468 e. The third-order valence-corrected chi connectivity index (χ3v) is 4.17. The molecule has 0 atom stereocenters. The van der Waals surface area contributed by atoms with Gasteiger partial charge >= 0.3 is 11.9 Å². The molecule has 2 rings (SSSR count). The van der Waals surface area contributed by atoms with Gasteiger partial charge < -0.3 is 9.47 Å². The van der Waals surface area contributed by atoms with Crippen molar-refractivity contribution in [3.63, 3.8) is 0 Å². The van der Waals surface area contributed by atoms with Gasteiger partial charge in [-0.05, 0) is 36.0 Å². The van der Waals surface area contributed by atoms with Crippen molar-refractivity contribution >= 4 is 17.5 Å². The molecule has 0 heterocycles. The summed E-state index contributed by atoms with van der Waals surface area (Å²) >= 11 is 0. The van der Waals surface area contributed by atoms with Crippen molar-refractivity contribution in [3.8, 4) is 0 Å². The molecule has 1 aromatic carbocycles. The molecule has 1 aliphatic rings. The van der Waals surface area contributed by atoms with Gasteiger partial charge in [0, 0.05) is 0 Å². The van der Waals surface area contributed by atoms with Gasteiger partial charge in [-0.1, -0.05) is 37.3 Å². The molecule has 0 saturated carbocycles. The van der Waals surface area contributed by atoms with E-state index in [4.69, 9.17) is 9.47 Å². The van der Waals surface area contributed by atoms with Crippen molar-refractivity contribution < 1.29 is 19.1 Å². The average Bonchev–Trinajstić information content (AvgIpc) is 2.94. The predicted molar refractivity (Wildman–Crippen MR) is 79.4 cm³/mol. The molecule has 4 nitrogen and oxygen atoms in total. The average molecular weight is 288 g/mol. The maximum atomic E-state index is 12.3. The van der Waals surface area contributed by atoms with Crippen LogP contribution in [0.1, 0.15) is 31.7 Å². The Hall–Kier alpha value is -2.10. The van der Waals surface area contributed by atoms with E-state index < -0.39 is 17.4 Å². The molecule has 112 valence electrons. The van der Waals surface area contributed by atoms with Crippen LogP contribution in [0, 0.1) is 5.41 Å². The first-order chi connectivity index (χ1) is 10.1. The van der Waals surface area contributed by atoms with Crippen LogP contribution >= 0.6 is 0 Å². The summed E-state index contributed by atoms with van der Waals surface area (Å²) in [5.74, 6) is -1.06. The Bertz CT molecular complexity index is 556. The molecule has 0 radical (unpaired) electrons. The van der Waals surface area contributed by atoms with E-state index in [1.54, 1.807) is 0 Å². The molecule has 0 saturated heterocycles. The maximum Gasteiger partial charge on any atom is 0.327 e. The topological polar surface area (TPSA) is 52.6 Å². The van der Waals surface area contributed by atoms with E-state index >= 15 is 0 Å². The van der Waals surface area contributed by atoms with E-state index in [-0.39, 0.29) is 0 Å². The van der Waals surface area contributed by atoms with Gasteiger partial charge in [0.15, 0.2) is 5.41 Å². The summed E-state index contributed by atoms with van der Waals surface area (Å²) in [7, 11) is 2.61. The smallest absolute Gasteiger partial charge is 0.327 e. The second kappa shape index (κ2) is 6.12. The predicted octanol–water partition coefficient (Wildman–Crippen LogP) is 2.98. The third-order valence-electron chi connectivity index (χ3n) is 4.17. The highest BCUT2D eigenvalue weighted by atomic mass is 16.5. The number of esters is 2. The van der Waals surface area contributed by atoms with E-state index in [1.807, 2.05) is 37.3 Å². The Morgan fingerprint density at radius 2 is 1.67 bits per heavy atom. The van der Waals surface area contributed by atoms with Crippen LogP contribution in [0.5, 0.6) is 0 Å². The van der Waals surface area contributed by atoms with Crippen LogP contribution in [-0.2, 0) is 19.1 Å². The van der Waals surface area contributed by atoms with Crippen LogP contribution < -0.4 is 0 Å². The lowest BCUT2D eigenvalue weighted by Gasteiger charge is -2.26. The second-order valence-corrected chi connectivity index (χ2v) is 5.07. The van der Waals surface area contributed by atoms with Crippen LogP contribution in [0.25, 0.3) is 5.57 Å². The highest BCUT2D eigenvalue weighted by molar-refractivity contribution is 6.06. The molecule has 1 aromatic rings. The highest BCUT2D eigenvalue weighted by Gasteiger charge is 2.54. The van der Waals surface area contributed by atoms with Gasteiger partial charge in [0.2, 0.25) is 0 Å². The van der Waals surface area contributed by atoms with Crippen LogP contribution in [0.4, 0.5) is 0 Å². The zero-order valence-corrected chi connectivity index (χ0v) is 12.6. The molecular formula is C17H20O4. The summed E-state index contributed by atoms with van der Waals surface area (Å²) in [6.07, 6.45) is 1.67. The zero-order chi connectivity index (χ0) is 15.5. The number of hydrogen-bond acceptors (Lipinski definition) is 4. The summed E-state index contributed by atoms with van der Waals surface area (Å²) in [4.78, 5) is 24.7. The number of rotatable bonds is 4. The number of ether oxygens (including phenoxy) is 2. The third kappa shape index (κ3) is 2.35. The zero-order valence-electron chi connectivity index (χ0n) is 12.6. The minimum atomic E-state index is -1.29. The van der Waals surface area contributed by atoms with Gasteiger partial charge in [-0.3, -0.25) is 9.59 Å². The molecule has 0 N–H and O–H groups in total. The van der Waals surface area contributed by atoms with Crippen molar-refractivity contribution in [3.05, 3.63) is 41.5 Å². The number of carbonyl (C=O) groups is 2. The molecule has 0 unspecified atom stereocenters. The summed E-state index contributed by atoms with van der Waals surface area (Å²) < 4.78 is 9.81. The van der Waals surface area contributed by atoms with Gasteiger partial charge in [-0.2, -0.15) is 0 Å². The summed E-state index contributed by atoms with van der Waals surface area (Å²) in [6, 6.07) is 9.83. The van der Waals surface area contributed by atoms with Crippen molar-refractivity contribution in [1.29, 1.82) is 0 Å². The fourth-order valence-corrected chi connectivity index (χ4v) is 3.23. The number of methoxy groups -OCH3 is 2. The lowest BCUT2D eigenvalue weighted by molar-refractivity contribution is -0.165. The molecule has 4 heteroatoms. The molecule has 0 fully saturated rings. The van der Waals surface area contributed by atoms with Crippen LogP contribution in [0.2, 0.25) is 0 Å². The Morgan fingerprint density at radius 3 is 2.14 bits per heavy atom. The molecule has 0 bridgehead atoms. The van der Waals surface area contributed by atoms with E-state index in [2.05, 4.69) is 0 Å². The Kier molecular flexibility index (Phi) is 4.46. The minimum absolute atomic E-state index is 0.403. The number of hydrogen-bond donors (Lipinski definition) is 0. The standard InChI is InChI=1S/C17H20O4/c1-4-14-13(12-8-6-5-7-9-12)10-11-17(14,15(18)20-2)16(19)21-3/h5-9H,4,10-11H2,1-3H3. The van der Waals surface area contributed by atoms with E-state index in [9.17, 15) is 9.59 Å².